The second kappa shape index (κ2) is 4.21. The summed E-state index contributed by atoms with van der Waals surface area (Å²) in [5, 5.41) is 0. The van der Waals surface area contributed by atoms with Crippen LogP contribution in [0.1, 0.15) is 50.8 Å². The van der Waals surface area contributed by atoms with E-state index in [0.717, 1.165) is 17.9 Å². The van der Waals surface area contributed by atoms with E-state index in [2.05, 4.69) is 31.8 Å². The highest BCUT2D eigenvalue weighted by Gasteiger charge is 2.24. The van der Waals surface area contributed by atoms with E-state index in [-0.39, 0.29) is 0 Å². The Morgan fingerprint density at radius 1 is 1.47 bits per heavy atom. The quantitative estimate of drug-likeness (QED) is 0.752. The third-order valence-electron chi connectivity index (χ3n) is 2.76. The Hall–Kier alpha value is -1.05. The van der Waals surface area contributed by atoms with Crippen LogP contribution in [-0.2, 0) is 6.42 Å². The fourth-order valence-corrected chi connectivity index (χ4v) is 1.57. The van der Waals surface area contributed by atoms with Gasteiger partial charge in [0, 0.05) is 5.69 Å². The predicted octanol–water partition coefficient (Wildman–Crippen LogP) is 3.31. The first-order valence-corrected chi connectivity index (χ1v) is 5.86. The Morgan fingerprint density at radius 3 is 2.73 bits per heavy atom. The van der Waals surface area contributed by atoms with Crippen molar-refractivity contribution in [3.63, 3.8) is 0 Å². The van der Waals surface area contributed by atoms with E-state index in [4.69, 9.17) is 4.74 Å². The number of aromatic nitrogens is 1. The number of ether oxygens (including phenoxy) is 1. The first-order chi connectivity index (χ1) is 7.20. The lowest BCUT2D eigenvalue weighted by atomic mass is 10.1. The van der Waals surface area contributed by atoms with Crippen molar-refractivity contribution in [2.24, 2.45) is 0 Å². The Morgan fingerprint density at radius 2 is 2.20 bits per heavy atom. The molecule has 1 aliphatic carbocycles. The van der Waals surface area contributed by atoms with Crippen LogP contribution in [0.3, 0.4) is 0 Å². The standard InChI is InChI=1S/C13H19NO/c1-4-10-7-12(9(2)3)14-8-13(10)15-11-5-6-11/h7-9,11H,4-6H2,1-3H3. The van der Waals surface area contributed by atoms with Gasteiger partial charge in [0.15, 0.2) is 0 Å². The summed E-state index contributed by atoms with van der Waals surface area (Å²) in [6.45, 7) is 6.51. The summed E-state index contributed by atoms with van der Waals surface area (Å²) in [4.78, 5) is 4.44. The van der Waals surface area contributed by atoms with E-state index < -0.39 is 0 Å². The van der Waals surface area contributed by atoms with E-state index in [0.29, 0.717) is 12.0 Å². The minimum atomic E-state index is 0.460. The fourth-order valence-electron chi connectivity index (χ4n) is 1.57. The van der Waals surface area contributed by atoms with E-state index in [1.165, 1.54) is 18.4 Å². The molecule has 82 valence electrons. The normalized spacial score (nSPS) is 15.7. The van der Waals surface area contributed by atoms with Gasteiger partial charge in [-0.3, -0.25) is 4.98 Å². The molecule has 0 bridgehead atoms. The molecule has 15 heavy (non-hydrogen) atoms. The van der Waals surface area contributed by atoms with Crippen molar-refractivity contribution in [1.82, 2.24) is 4.98 Å². The summed E-state index contributed by atoms with van der Waals surface area (Å²) < 4.78 is 5.82. The molecule has 0 amide bonds. The van der Waals surface area contributed by atoms with E-state index in [1.807, 2.05) is 6.20 Å². The van der Waals surface area contributed by atoms with Crippen molar-refractivity contribution in [2.75, 3.05) is 0 Å². The van der Waals surface area contributed by atoms with Crippen molar-refractivity contribution in [1.29, 1.82) is 0 Å². The number of hydrogen-bond donors (Lipinski definition) is 0. The van der Waals surface area contributed by atoms with Crippen LogP contribution in [0.5, 0.6) is 5.75 Å². The Labute approximate surface area is 91.7 Å². The molecule has 0 N–H and O–H groups in total. The molecule has 1 aromatic heterocycles. The number of nitrogens with zero attached hydrogens (tertiary/aromatic N) is 1. The first kappa shape index (κ1) is 10.5. The average molecular weight is 205 g/mol. The predicted molar refractivity (Wildman–Crippen MR) is 61.4 cm³/mol. The molecular formula is C13H19NO. The zero-order valence-electron chi connectivity index (χ0n) is 9.79. The van der Waals surface area contributed by atoms with E-state index in [9.17, 15) is 0 Å². The van der Waals surface area contributed by atoms with Crippen molar-refractivity contribution in [2.45, 2.75) is 52.1 Å². The molecule has 0 atom stereocenters. The summed E-state index contributed by atoms with van der Waals surface area (Å²) in [6.07, 6.45) is 5.78. The molecule has 1 aliphatic rings. The topological polar surface area (TPSA) is 22.1 Å². The smallest absolute Gasteiger partial charge is 0.141 e. The molecule has 0 spiro atoms. The molecule has 0 radical (unpaired) electrons. The summed E-state index contributed by atoms with van der Waals surface area (Å²) in [5.41, 5.74) is 2.45. The summed E-state index contributed by atoms with van der Waals surface area (Å²) in [5.74, 6) is 1.48. The minimum absolute atomic E-state index is 0.460. The van der Waals surface area contributed by atoms with E-state index >= 15 is 0 Å². The van der Waals surface area contributed by atoms with Crippen LogP contribution >= 0.6 is 0 Å². The highest BCUT2D eigenvalue weighted by atomic mass is 16.5. The van der Waals surface area contributed by atoms with Crippen LogP contribution in [0.4, 0.5) is 0 Å². The van der Waals surface area contributed by atoms with Gasteiger partial charge >= 0.3 is 0 Å². The molecule has 0 aliphatic heterocycles. The molecule has 1 saturated carbocycles. The zero-order chi connectivity index (χ0) is 10.8. The average Bonchev–Trinajstić information content (AvgIpc) is 3.02. The second-order valence-corrected chi connectivity index (χ2v) is 4.54. The van der Waals surface area contributed by atoms with Gasteiger partial charge in [-0.1, -0.05) is 20.8 Å². The van der Waals surface area contributed by atoms with E-state index in [1.54, 1.807) is 0 Å². The summed E-state index contributed by atoms with van der Waals surface area (Å²) in [7, 11) is 0. The van der Waals surface area contributed by atoms with Gasteiger partial charge in [-0.25, -0.2) is 0 Å². The third-order valence-corrected chi connectivity index (χ3v) is 2.76. The second-order valence-electron chi connectivity index (χ2n) is 4.54. The van der Waals surface area contributed by atoms with Crippen molar-refractivity contribution in [3.8, 4) is 5.75 Å². The van der Waals surface area contributed by atoms with Crippen molar-refractivity contribution in [3.05, 3.63) is 23.5 Å². The summed E-state index contributed by atoms with van der Waals surface area (Å²) >= 11 is 0. The SMILES string of the molecule is CCc1cc(C(C)C)ncc1OC1CC1. The molecule has 0 saturated heterocycles. The van der Waals surface area contributed by atoms with Crippen LogP contribution in [-0.4, -0.2) is 11.1 Å². The Bertz CT molecular complexity index is 342. The maximum atomic E-state index is 5.82. The monoisotopic (exact) mass is 205 g/mol. The molecule has 1 fully saturated rings. The first-order valence-electron chi connectivity index (χ1n) is 5.86. The number of pyridine rings is 1. The molecule has 1 aromatic rings. The van der Waals surface area contributed by atoms with Gasteiger partial charge in [0.05, 0.1) is 12.3 Å². The van der Waals surface area contributed by atoms with Gasteiger partial charge in [0.2, 0.25) is 0 Å². The number of rotatable bonds is 4. The summed E-state index contributed by atoms with van der Waals surface area (Å²) in [6, 6.07) is 2.18. The van der Waals surface area contributed by atoms with Gasteiger partial charge in [-0.05, 0) is 36.8 Å². The largest absolute Gasteiger partial charge is 0.489 e. The molecule has 2 heteroatoms. The van der Waals surface area contributed by atoms with Gasteiger partial charge in [0.1, 0.15) is 5.75 Å². The van der Waals surface area contributed by atoms with Gasteiger partial charge in [-0.2, -0.15) is 0 Å². The molecule has 0 unspecified atom stereocenters. The zero-order valence-corrected chi connectivity index (χ0v) is 9.79. The molecule has 0 aromatic carbocycles. The van der Waals surface area contributed by atoms with Crippen LogP contribution < -0.4 is 4.74 Å². The van der Waals surface area contributed by atoms with Crippen LogP contribution in [0, 0.1) is 0 Å². The van der Waals surface area contributed by atoms with Crippen LogP contribution in [0.25, 0.3) is 0 Å². The van der Waals surface area contributed by atoms with Crippen LogP contribution in [0.15, 0.2) is 12.3 Å². The van der Waals surface area contributed by atoms with Gasteiger partial charge < -0.3 is 4.74 Å². The third kappa shape index (κ3) is 2.49. The molecule has 2 rings (SSSR count). The lowest BCUT2D eigenvalue weighted by Crippen LogP contribution is -2.02. The number of aryl methyl sites for hydroxylation is 1. The molecular weight excluding hydrogens is 186 g/mol. The number of hydrogen-bond acceptors (Lipinski definition) is 2. The Balaban J connectivity index is 2.21. The molecule has 2 nitrogen and oxygen atoms in total. The van der Waals surface area contributed by atoms with Crippen LogP contribution in [0.2, 0.25) is 0 Å². The molecule has 1 heterocycles. The highest BCUT2D eigenvalue weighted by Crippen LogP contribution is 2.30. The van der Waals surface area contributed by atoms with Crippen molar-refractivity contribution >= 4 is 0 Å². The maximum absolute atomic E-state index is 5.82. The van der Waals surface area contributed by atoms with Crippen molar-refractivity contribution < 1.29 is 4.74 Å². The van der Waals surface area contributed by atoms with Gasteiger partial charge in [0.25, 0.3) is 0 Å². The van der Waals surface area contributed by atoms with Gasteiger partial charge in [-0.15, -0.1) is 0 Å². The fraction of sp³-hybridized carbons (Fsp3) is 0.615. The lowest BCUT2D eigenvalue weighted by molar-refractivity contribution is 0.298. The lowest BCUT2D eigenvalue weighted by Gasteiger charge is -2.12. The highest BCUT2D eigenvalue weighted by molar-refractivity contribution is 5.33. The maximum Gasteiger partial charge on any atom is 0.141 e. The minimum Gasteiger partial charge on any atom is -0.489 e. The Kier molecular flexibility index (Phi) is 2.94.